The summed E-state index contributed by atoms with van der Waals surface area (Å²) in [6, 6.07) is 11.8. The number of rotatable bonds is 4. The van der Waals surface area contributed by atoms with Gasteiger partial charge in [0.1, 0.15) is 11.3 Å². The first-order valence-electron chi connectivity index (χ1n) is 7.15. The van der Waals surface area contributed by atoms with Crippen LogP contribution in [0.2, 0.25) is 5.02 Å². The Kier molecular flexibility index (Phi) is 4.43. The third kappa shape index (κ3) is 3.36. The summed E-state index contributed by atoms with van der Waals surface area (Å²) in [5, 5.41) is 22.2. The van der Waals surface area contributed by atoms with Crippen molar-refractivity contribution < 1.29 is 9.90 Å². The summed E-state index contributed by atoms with van der Waals surface area (Å²) in [5.74, 6) is -0.704. The second kappa shape index (κ2) is 6.67. The Labute approximate surface area is 142 Å². The molecule has 24 heavy (non-hydrogen) atoms. The lowest BCUT2D eigenvalue weighted by atomic mass is 10.2. The van der Waals surface area contributed by atoms with E-state index in [1.54, 1.807) is 11.6 Å². The van der Waals surface area contributed by atoms with E-state index in [0.717, 1.165) is 11.0 Å². The van der Waals surface area contributed by atoms with Gasteiger partial charge in [0, 0.05) is 5.02 Å². The van der Waals surface area contributed by atoms with Gasteiger partial charge in [0.2, 0.25) is 0 Å². The van der Waals surface area contributed by atoms with Crippen molar-refractivity contribution in [2.45, 2.75) is 13.5 Å². The zero-order valence-corrected chi connectivity index (χ0v) is 13.5. The average molecular weight is 344 g/mol. The minimum absolute atomic E-state index is 0.0604. The number of hydrogen-bond acceptors (Lipinski definition) is 5. The molecule has 0 aliphatic heterocycles. The molecule has 0 fully saturated rings. The van der Waals surface area contributed by atoms with Gasteiger partial charge < -0.3 is 5.11 Å². The van der Waals surface area contributed by atoms with Gasteiger partial charge in [-0.3, -0.25) is 4.79 Å². The highest BCUT2D eigenvalue weighted by Crippen LogP contribution is 2.21. The van der Waals surface area contributed by atoms with Gasteiger partial charge in [-0.2, -0.15) is 5.10 Å². The molecule has 2 aromatic carbocycles. The molecule has 0 saturated carbocycles. The molecule has 3 rings (SSSR count). The van der Waals surface area contributed by atoms with Gasteiger partial charge in [0.15, 0.2) is 0 Å². The number of carbonyl (C=O) groups excluding carboxylic acids is 1. The molecule has 0 unspecified atom stereocenters. The van der Waals surface area contributed by atoms with Crippen LogP contribution in [0.25, 0.3) is 11.0 Å². The maximum Gasteiger partial charge on any atom is 0.275 e. The third-order valence-corrected chi connectivity index (χ3v) is 3.59. The molecule has 1 amide bonds. The van der Waals surface area contributed by atoms with Crippen LogP contribution in [0.4, 0.5) is 0 Å². The van der Waals surface area contributed by atoms with E-state index < -0.39 is 5.91 Å². The summed E-state index contributed by atoms with van der Waals surface area (Å²) in [4.78, 5) is 12.1. The van der Waals surface area contributed by atoms with Crippen molar-refractivity contribution >= 4 is 34.3 Å². The highest BCUT2D eigenvalue weighted by atomic mass is 35.5. The minimum Gasteiger partial charge on any atom is -0.507 e. The monoisotopic (exact) mass is 343 g/mol. The van der Waals surface area contributed by atoms with E-state index in [1.807, 2.05) is 24.3 Å². The molecule has 122 valence electrons. The number of hydrogen-bond donors (Lipinski definition) is 2. The van der Waals surface area contributed by atoms with Crippen LogP contribution in [0.5, 0.6) is 5.75 Å². The number of nitrogens with zero attached hydrogens (tertiary/aromatic N) is 4. The number of aromatic nitrogens is 3. The van der Waals surface area contributed by atoms with Gasteiger partial charge in [-0.1, -0.05) is 28.9 Å². The molecule has 7 nitrogen and oxygen atoms in total. The number of aromatic hydroxyl groups is 1. The van der Waals surface area contributed by atoms with Gasteiger partial charge in [-0.25, -0.2) is 10.1 Å². The van der Waals surface area contributed by atoms with E-state index in [4.69, 9.17) is 11.6 Å². The van der Waals surface area contributed by atoms with Crippen LogP contribution in [0.1, 0.15) is 17.3 Å². The van der Waals surface area contributed by atoms with E-state index in [1.165, 1.54) is 18.2 Å². The normalized spacial score (nSPS) is 11.7. The van der Waals surface area contributed by atoms with Crippen molar-refractivity contribution in [3.8, 4) is 5.75 Å². The van der Waals surface area contributed by atoms with Crippen molar-refractivity contribution in [2.75, 3.05) is 0 Å². The zero-order valence-electron chi connectivity index (χ0n) is 12.8. The molecule has 0 radical (unpaired) electrons. The minimum atomic E-state index is -0.544. The van der Waals surface area contributed by atoms with Crippen LogP contribution in [0, 0.1) is 0 Å². The lowest BCUT2D eigenvalue weighted by Crippen LogP contribution is -2.21. The fourth-order valence-electron chi connectivity index (χ4n) is 2.18. The topological polar surface area (TPSA) is 92.4 Å². The van der Waals surface area contributed by atoms with E-state index in [-0.39, 0.29) is 11.3 Å². The quantitative estimate of drug-likeness (QED) is 0.562. The highest BCUT2D eigenvalue weighted by Gasteiger charge is 2.11. The molecular weight excluding hydrogens is 330 g/mol. The molecule has 0 aliphatic rings. The number of nitrogens with one attached hydrogen (secondary N) is 1. The molecule has 0 aliphatic carbocycles. The van der Waals surface area contributed by atoms with Gasteiger partial charge in [0.05, 0.1) is 23.3 Å². The number of phenolic OH excluding ortho intramolecular Hbond substituents is 1. The van der Waals surface area contributed by atoms with Crippen LogP contribution in [0.3, 0.4) is 0 Å². The number of amides is 1. The van der Waals surface area contributed by atoms with Crippen molar-refractivity contribution in [1.29, 1.82) is 0 Å². The molecule has 0 bridgehead atoms. The Bertz CT molecular complexity index is 935. The summed E-state index contributed by atoms with van der Waals surface area (Å²) in [5.41, 5.74) is 4.75. The number of halogens is 1. The third-order valence-electron chi connectivity index (χ3n) is 3.35. The predicted octanol–water partition coefficient (Wildman–Crippen LogP) is 2.60. The fourth-order valence-corrected chi connectivity index (χ4v) is 2.35. The fraction of sp³-hybridized carbons (Fsp3) is 0.125. The van der Waals surface area contributed by atoms with Crippen LogP contribution < -0.4 is 5.43 Å². The Balaban J connectivity index is 1.72. The molecular formula is C16H14ClN5O2. The molecule has 0 atom stereocenters. The maximum absolute atomic E-state index is 12.1. The van der Waals surface area contributed by atoms with Crippen LogP contribution in [-0.4, -0.2) is 31.7 Å². The number of fused-ring (bicyclic) bond motifs is 1. The number of phenols is 1. The lowest BCUT2D eigenvalue weighted by Gasteiger charge is -2.05. The first-order chi connectivity index (χ1) is 11.5. The first-order valence-corrected chi connectivity index (χ1v) is 7.52. The number of carbonyl (C=O) groups is 1. The molecule has 2 N–H and O–H groups in total. The van der Waals surface area contributed by atoms with Gasteiger partial charge in [0.25, 0.3) is 5.91 Å². The van der Waals surface area contributed by atoms with E-state index in [0.29, 0.717) is 17.3 Å². The van der Waals surface area contributed by atoms with E-state index >= 15 is 0 Å². The molecule has 8 heteroatoms. The van der Waals surface area contributed by atoms with Crippen molar-refractivity contribution in [3.63, 3.8) is 0 Å². The van der Waals surface area contributed by atoms with Crippen molar-refractivity contribution in [2.24, 2.45) is 5.10 Å². The molecule has 1 heterocycles. The Hall–Kier alpha value is -2.93. The lowest BCUT2D eigenvalue weighted by molar-refractivity contribution is 0.0952. The highest BCUT2D eigenvalue weighted by molar-refractivity contribution is 6.31. The predicted molar refractivity (Wildman–Crippen MR) is 91.2 cm³/mol. The summed E-state index contributed by atoms with van der Waals surface area (Å²) in [7, 11) is 0. The smallest absolute Gasteiger partial charge is 0.275 e. The Morgan fingerprint density at radius 2 is 2.12 bits per heavy atom. The molecule has 1 aromatic heterocycles. The number of para-hydroxylation sites is 1. The van der Waals surface area contributed by atoms with Gasteiger partial charge in [-0.05, 0) is 37.3 Å². The van der Waals surface area contributed by atoms with E-state index in [2.05, 4.69) is 20.8 Å². The largest absolute Gasteiger partial charge is 0.507 e. The van der Waals surface area contributed by atoms with Gasteiger partial charge in [-0.15, -0.1) is 5.10 Å². The summed E-state index contributed by atoms with van der Waals surface area (Å²) in [6.45, 7) is 2.14. The second-order valence-corrected chi connectivity index (χ2v) is 5.62. The Morgan fingerprint density at radius 3 is 2.96 bits per heavy atom. The molecule has 0 saturated heterocycles. The number of hydrazone groups is 1. The molecule has 3 aromatic rings. The number of benzene rings is 2. The van der Waals surface area contributed by atoms with Crippen molar-refractivity contribution in [1.82, 2.24) is 20.4 Å². The zero-order chi connectivity index (χ0) is 17.1. The SMILES string of the molecule is CC(Cn1nnc2ccccc21)=NNC(=O)c1cc(Cl)ccc1O. The van der Waals surface area contributed by atoms with Crippen molar-refractivity contribution in [3.05, 3.63) is 53.1 Å². The van der Waals surface area contributed by atoms with E-state index in [9.17, 15) is 9.90 Å². The summed E-state index contributed by atoms with van der Waals surface area (Å²) in [6.07, 6.45) is 0. The summed E-state index contributed by atoms with van der Waals surface area (Å²) >= 11 is 5.83. The molecule has 0 spiro atoms. The van der Waals surface area contributed by atoms with Gasteiger partial charge >= 0.3 is 0 Å². The van der Waals surface area contributed by atoms with Crippen LogP contribution in [-0.2, 0) is 6.54 Å². The standard InChI is InChI=1S/C16H14ClN5O2/c1-10(9-22-14-5-3-2-4-13(14)19-21-22)18-20-16(24)12-8-11(17)6-7-15(12)23/h2-8,23H,9H2,1H3,(H,20,24). The van der Waals surface area contributed by atoms with Crippen LogP contribution >= 0.6 is 11.6 Å². The first kappa shape index (κ1) is 15.9. The van der Waals surface area contributed by atoms with Crippen LogP contribution in [0.15, 0.2) is 47.6 Å². The second-order valence-electron chi connectivity index (χ2n) is 5.19. The Morgan fingerprint density at radius 1 is 1.33 bits per heavy atom. The average Bonchev–Trinajstić information content (AvgIpc) is 2.98. The summed E-state index contributed by atoms with van der Waals surface area (Å²) < 4.78 is 1.69. The maximum atomic E-state index is 12.1.